The van der Waals surface area contributed by atoms with Gasteiger partial charge in [0.25, 0.3) is 5.91 Å². The lowest BCUT2D eigenvalue weighted by Gasteiger charge is -2.19. The average molecular weight is 401 g/mol. The first-order valence-corrected chi connectivity index (χ1v) is 9.83. The standard InChI is InChI=1S/C12H18BN4O3S.C7H8/c1-8(2)5-11(21-13-20)17-10(18)7-16-12(19)9-6-14-3-4-15-9;1-7-5-3-2-4-6-7/h3-4,6,8,11,20H,5,7H2,1-2H3,(H,16,19)(H,17,18);2-6H,1H3. The largest absolute Gasteiger partial charge is 0.444 e. The fraction of sp³-hybridized carbons (Fsp3) is 0.368. The summed E-state index contributed by atoms with van der Waals surface area (Å²) in [6, 6.07) is 10.3. The van der Waals surface area contributed by atoms with E-state index in [1.54, 1.807) is 0 Å². The van der Waals surface area contributed by atoms with E-state index in [-0.39, 0.29) is 23.5 Å². The molecule has 3 N–H and O–H groups in total. The molecular formula is C19H26BN4O3S. The molecule has 9 heteroatoms. The van der Waals surface area contributed by atoms with Gasteiger partial charge in [0.15, 0.2) is 0 Å². The summed E-state index contributed by atoms with van der Waals surface area (Å²) in [6.45, 7) is 6.92. The predicted molar refractivity (Wildman–Crippen MR) is 112 cm³/mol. The van der Waals surface area contributed by atoms with Crippen LogP contribution < -0.4 is 10.6 Å². The highest BCUT2D eigenvalue weighted by Gasteiger charge is 2.15. The Morgan fingerprint density at radius 1 is 1.21 bits per heavy atom. The Morgan fingerprint density at radius 3 is 2.43 bits per heavy atom. The van der Waals surface area contributed by atoms with E-state index in [9.17, 15) is 9.59 Å². The van der Waals surface area contributed by atoms with Gasteiger partial charge in [-0.25, -0.2) is 4.98 Å². The van der Waals surface area contributed by atoms with Crippen molar-refractivity contribution in [3.8, 4) is 0 Å². The first kappa shape index (κ1) is 23.7. The maximum absolute atomic E-state index is 11.8. The van der Waals surface area contributed by atoms with E-state index < -0.39 is 5.91 Å². The van der Waals surface area contributed by atoms with Crippen molar-refractivity contribution in [2.24, 2.45) is 5.92 Å². The smallest absolute Gasteiger partial charge is 0.370 e. The SMILES string of the molecule is CC(C)CC(NC(=O)CNC(=O)c1cnccn1)S[B]O.Cc1ccccc1. The molecule has 149 valence electrons. The molecule has 1 aromatic heterocycles. The first-order chi connectivity index (χ1) is 13.4. The van der Waals surface area contributed by atoms with Gasteiger partial charge >= 0.3 is 6.76 Å². The van der Waals surface area contributed by atoms with Crippen molar-refractivity contribution in [1.82, 2.24) is 20.6 Å². The number of amides is 2. The third-order valence-corrected chi connectivity index (χ3v) is 4.14. The van der Waals surface area contributed by atoms with Crippen molar-refractivity contribution in [3.05, 3.63) is 60.2 Å². The molecule has 2 aromatic rings. The number of nitrogens with zero attached hydrogens (tertiary/aromatic N) is 2. The third kappa shape index (κ3) is 10.7. The van der Waals surface area contributed by atoms with E-state index in [0.29, 0.717) is 12.3 Å². The van der Waals surface area contributed by atoms with Crippen molar-refractivity contribution in [1.29, 1.82) is 0 Å². The summed E-state index contributed by atoms with van der Waals surface area (Å²) < 4.78 is 0. The summed E-state index contributed by atoms with van der Waals surface area (Å²) in [4.78, 5) is 31.1. The van der Waals surface area contributed by atoms with Gasteiger partial charge in [-0.05, 0) is 19.3 Å². The number of carbonyl (C=O) groups is 2. The van der Waals surface area contributed by atoms with Crippen molar-refractivity contribution >= 4 is 30.2 Å². The number of aryl methyl sites for hydroxylation is 1. The molecule has 0 saturated heterocycles. The maximum atomic E-state index is 11.8. The van der Waals surface area contributed by atoms with Crippen LogP contribution >= 0.6 is 11.6 Å². The fourth-order valence-electron chi connectivity index (χ4n) is 2.08. The summed E-state index contributed by atoms with van der Waals surface area (Å²) in [5.74, 6) is -0.413. The van der Waals surface area contributed by atoms with Crippen LogP contribution in [0.3, 0.4) is 0 Å². The molecule has 1 aromatic carbocycles. The van der Waals surface area contributed by atoms with E-state index in [1.165, 1.54) is 24.2 Å². The second kappa shape index (κ2) is 13.7. The summed E-state index contributed by atoms with van der Waals surface area (Å²) in [5.41, 5.74) is 1.48. The minimum absolute atomic E-state index is 0.155. The molecule has 0 aliphatic rings. The van der Waals surface area contributed by atoms with Crippen molar-refractivity contribution < 1.29 is 14.6 Å². The minimum Gasteiger partial charge on any atom is -0.444 e. The van der Waals surface area contributed by atoms with Crippen LogP contribution in [-0.2, 0) is 4.79 Å². The van der Waals surface area contributed by atoms with Crippen LogP contribution in [0.4, 0.5) is 0 Å². The van der Waals surface area contributed by atoms with Crippen LogP contribution in [-0.4, -0.2) is 45.5 Å². The van der Waals surface area contributed by atoms with Gasteiger partial charge in [-0.3, -0.25) is 14.6 Å². The van der Waals surface area contributed by atoms with Crippen LogP contribution in [0.15, 0.2) is 48.9 Å². The van der Waals surface area contributed by atoms with Gasteiger partial charge < -0.3 is 15.7 Å². The number of aromatic nitrogens is 2. The normalized spacial score (nSPS) is 11.0. The summed E-state index contributed by atoms with van der Waals surface area (Å²) >= 11 is 1.13. The van der Waals surface area contributed by atoms with Gasteiger partial charge in [-0.15, -0.1) is 0 Å². The zero-order valence-electron chi connectivity index (χ0n) is 16.3. The van der Waals surface area contributed by atoms with Crippen LogP contribution in [0.5, 0.6) is 0 Å². The molecule has 7 nitrogen and oxygen atoms in total. The van der Waals surface area contributed by atoms with Crippen LogP contribution in [0, 0.1) is 12.8 Å². The molecule has 1 radical (unpaired) electrons. The third-order valence-electron chi connectivity index (χ3n) is 3.38. The topological polar surface area (TPSA) is 104 Å². The molecule has 0 saturated carbocycles. The fourth-order valence-corrected chi connectivity index (χ4v) is 2.92. The van der Waals surface area contributed by atoms with Gasteiger partial charge in [0.1, 0.15) is 5.69 Å². The van der Waals surface area contributed by atoms with Crippen LogP contribution in [0.25, 0.3) is 0 Å². The van der Waals surface area contributed by atoms with Gasteiger partial charge in [0.05, 0.1) is 18.1 Å². The molecule has 0 bridgehead atoms. The minimum atomic E-state index is -0.458. The van der Waals surface area contributed by atoms with E-state index in [4.69, 9.17) is 5.02 Å². The van der Waals surface area contributed by atoms with Crippen molar-refractivity contribution in [2.75, 3.05) is 6.54 Å². The lowest BCUT2D eigenvalue weighted by molar-refractivity contribution is -0.120. The molecule has 1 atom stereocenters. The highest BCUT2D eigenvalue weighted by Crippen LogP contribution is 2.14. The Balaban J connectivity index is 0.000000467. The van der Waals surface area contributed by atoms with Gasteiger partial charge in [0, 0.05) is 12.4 Å². The molecule has 1 heterocycles. The zero-order valence-corrected chi connectivity index (χ0v) is 17.1. The number of hydrogen-bond acceptors (Lipinski definition) is 6. The Bertz CT molecular complexity index is 705. The Hall–Kier alpha value is -2.39. The molecule has 1 unspecified atom stereocenters. The Kier molecular flexibility index (Phi) is 11.6. The Morgan fingerprint density at radius 2 is 1.93 bits per heavy atom. The maximum Gasteiger partial charge on any atom is 0.370 e. The lowest BCUT2D eigenvalue weighted by atomic mass is 10.1. The van der Waals surface area contributed by atoms with Gasteiger partial charge in [-0.2, -0.15) is 11.6 Å². The van der Waals surface area contributed by atoms with Crippen molar-refractivity contribution in [3.63, 3.8) is 0 Å². The molecule has 2 rings (SSSR count). The quantitative estimate of drug-likeness (QED) is 0.462. The van der Waals surface area contributed by atoms with Crippen LogP contribution in [0.2, 0.25) is 0 Å². The number of rotatable bonds is 8. The van der Waals surface area contributed by atoms with Crippen molar-refractivity contribution in [2.45, 2.75) is 32.6 Å². The first-order valence-electron chi connectivity index (χ1n) is 8.89. The molecule has 0 aliphatic carbocycles. The van der Waals surface area contributed by atoms with Gasteiger partial charge in [-0.1, -0.05) is 49.7 Å². The van der Waals surface area contributed by atoms with E-state index in [1.807, 2.05) is 32.0 Å². The number of benzene rings is 1. The monoisotopic (exact) mass is 401 g/mol. The van der Waals surface area contributed by atoms with Gasteiger partial charge in [0.2, 0.25) is 5.91 Å². The highest BCUT2D eigenvalue weighted by molar-refractivity contribution is 8.22. The van der Waals surface area contributed by atoms with E-state index in [0.717, 1.165) is 18.4 Å². The second-order valence-electron chi connectivity index (χ2n) is 6.36. The zero-order chi connectivity index (χ0) is 20.8. The summed E-state index contributed by atoms with van der Waals surface area (Å²) in [5, 5.41) is 13.8. The lowest BCUT2D eigenvalue weighted by Crippen LogP contribution is -2.41. The highest BCUT2D eigenvalue weighted by atomic mass is 32.2. The van der Waals surface area contributed by atoms with E-state index >= 15 is 0 Å². The number of hydrogen-bond donors (Lipinski definition) is 3. The van der Waals surface area contributed by atoms with Crippen LogP contribution in [0.1, 0.15) is 36.3 Å². The molecule has 2 amide bonds. The summed E-state index contributed by atoms with van der Waals surface area (Å²) in [7, 11) is 0. The molecule has 0 spiro atoms. The predicted octanol–water partition coefficient (Wildman–Crippen LogP) is 1.95. The average Bonchev–Trinajstić information content (AvgIpc) is 2.67. The summed E-state index contributed by atoms with van der Waals surface area (Å²) in [6.07, 6.45) is 4.90. The number of carbonyl (C=O) groups excluding carboxylic acids is 2. The molecule has 0 fully saturated rings. The number of nitrogens with one attached hydrogen (secondary N) is 2. The molecular weight excluding hydrogens is 375 g/mol. The second-order valence-corrected chi connectivity index (χ2v) is 7.41. The Labute approximate surface area is 170 Å². The van der Waals surface area contributed by atoms with E-state index in [2.05, 4.69) is 39.7 Å². The molecule has 28 heavy (non-hydrogen) atoms. The molecule has 0 aliphatic heterocycles.